The number of aryl methyl sites for hydroxylation is 1. The number of aromatic nitrogens is 4. The molecule has 1 aromatic carbocycles. The van der Waals surface area contributed by atoms with E-state index in [2.05, 4.69) is 36.2 Å². The van der Waals surface area contributed by atoms with Crippen LogP contribution in [0.2, 0.25) is 10.3 Å². The van der Waals surface area contributed by atoms with E-state index in [4.69, 9.17) is 27.9 Å². The van der Waals surface area contributed by atoms with Crippen LogP contribution in [0.1, 0.15) is 6.42 Å². The Kier molecular flexibility index (Phi) is 5.61. The van der Waals surface area contributed by atoms with Crippen LogP contribution in [0.25, 0.3) is 11.2 Å². The molecule has 0 bridgehead atoms. The molecule has 25 heavy (non-hydrogen) atoms. The Morgan fingerprint density at radius 2 is 2.12 bits per heavy atom. The van der Waals surface area contributed by atoms with Crippen LogP contribution in [0.3, 0.4) is 0 Å². The molecule has 132 valence electrons. The number of nitrogens with one attached hydrogen (secondary N) is 1. The molecule has 0 amide bonds. The van der Waals surface area contributed by atoms with E-state index in [0.717, 1.165) is 0 Å². The summed E-state index contributed by atoms with van der Waals surface area (Å²) in [5.41, 5.74) is 1.76. The van der Waals surface area contributed by atoms with Crippen molar-refractivity contribution in [3.63, 3.8) is 0 Å². The van der Waals surface area contributed by atoms with Gasteiger partial charge in [0.05, 0.1) is 25.1 Å². The second kappa shape index (κ2) is 7.72. The van der Waals surface area contributed by atoms with Crippen molar-refractivity contribution in [2.45, 2.75) is 13.0 Å². The number of ether oxygens (including phenoxy) is 1. The zero-order valence-corrected chi connectivity index (χ0v) is 16.2. The van der Waals surface area contributed by atoms with Crippen LogP contribution in [-0.4, -0.2) is 33.3 Å². The summed E-state index contributed by atoms with van der Waals surface area (Å²) < 4.78 is 20.1. The number of anilines is 2. The summed E-state index contributed by atoms with van der Waals surface area (Å²) in [4.78, 5) is 12.7. The topological polar surface area (TPSA) is 64.9 Å². The number of nitrogens with zero attached hydrogens (tertiary/aromatic N) is 4. The van der Waals surface area contributed by atoms with Crippen molar-refractivity contribution in [3.05, 3.63) is 33.2 Å². The maximum absolute atomic E-state index is 12.4. The number of halogens is 4. The second-order valence-corrected chi connectivity index (χ2v) is 6.66. The molecule has 6 nitrogen and oxygen atoms in total. The van der Waals surface area contributed by atoms with E-state index in [1.165, 1.54) is 7.11 Å². The molecule has 0 saturated heterocycles. The van der Waals surface area contributed by atoms with E-state index in [0.29, 0.717) is 50.9 Å². The van der Waals surface area contributed by atoms with Gasteiger partial charge in [-0.25, -0.2) is 4.98 Å². The predicted molar refractivity (Wildman–Crippen MR) is 99.9 cm³/mol. The maximum Gasteiger partial charge on any atom is 0.226 e. The highest BCUT2D eigenvalue weighted by Crippen LogP contribution is 2.36. The van der Waals surface area contributed by atoms with Gasteiger partial charge in [-0.2, -0.15) is 9.97 Å². The summed E-state index contributed by atoms with van der Waals surface area (Å²) in [6.45, 7) is 0.0439. The Morgan fingerprint density at radius 1 is 1.32 bits per heavy atom. The van der Waals surface area contributed by atoms with E-state index < -0.39 is 6.67 Å². The molecule has 2 aromatic heterocycles. The largest absolute Gasteiger partial charge is 0.495 e. The van der Waals surface area contributed by atoms with Crippen LogP contribution in [0.15, 0.2) is 22.9 Å². The van der Waals surface area contributed by atoms with E-state index >= 15 is 0 Å². The van der Waals surface area contributed by atoms with E-state index in [1.54, 1.807) is 23.0 Å². The SMILES string of the molecule is COc1cc(Nc2nc(Cl)nc3c2ncn3CCCF)cc(Br)c1Cl. The van der Waals surface area contributed by atoms with Crippen LogP contribution in [0, 0.1) is 0 Å². The molecule has 0 aliphatic carbocycles. The van der Waals surface area contributed by atoms with Gasteiger partial charge in [-0.3, -0.25) is 4.39 Å². The van der Waals surface area contributed by atoms with Crippen molar-refractivity contribution in [1.82, 2.24) is 19.5 Å². The van der Waals surface area contributed by atoms with Crippen molar-refractivity contribution in [1.29, 1.82) is 0 Å². The smallest absolute Gasteiger partial charge is 0.226 e. The number of rotatable bonds is 6. The number of hydrogen-bond donors (Lipinski definition) is 1. The number of methoxy groups -OCH3 is 1. The lowest BCUT2D eigenvalue weighted by Crippen LogP contribution is -2.01. The van der Waals surface area contributed by atoms with Crippen molar-refractivity contribution in [2.24, 2.45) is 0 Å². The number of alkyl halides is 1. The fourth-order valence-corrected chi connectivity index (χ4v) is 3.11. The molecule has 3 rings (SSSR count). The number of imidazole rings is 1. The number of benzene rings is 1. The van der Waals surface area contributed by atoms with Crippen molar-refractivity contribution >= 4 is 61.8 Å². The van der Waals surface area contributed by atoms with Gasteiger partial charge in [-0.05, 0) is 40.0 Å². The first-order valence-electron chi connectivity index (χ1n) is 7.28. The molecule has 0 fully saturated rings. The molecule has 0 spiro atoms. The summed E-state index contributed by atoms with van der Waals surface area (Å²) >= 11 is 15.6. The average Bonchev–Trinajstić information content (AvgIpc) is 2.99. The van der Waals surface area contributed by atoms with Crippen LogP contribution in [0.5, 0.6) is 5.75 Å². The molecule has 0 radical (unpaired) electrons. The molecule has 10 heteroatoms. The molecular weight excluding hydrogens is 436 g/mol. The minimum absolute atomic E-state index is 0.0667. The van der Waals surface area contributed by atoms with Crippen LogP contribution in [-0.2, 0) is 6.54 Å². The summed E-state index contributed by atoms with van der Waals surface area (Å²) in [6.07, 6.45) is 1.96. The normalized spacial score (nSPS) is 11.1. The molecule has 1 N–H and O–H groups in total. The van der Waals surface area contributed by atoms with E-state index in [9.17, 15) is 4.39 Å². The highest BCUT2D eigenvalue weighted by atomic mass is 79.9. The van der Waals surface area contributed by atoms with Gasteiger partial charge < -0.3 is 14.6 Å². The molecule has 0 unspecified atom stereocenters. The standard InChI is InChI=1S/C15H13BrCl2FN5O/c1-25-10-6-8(5-9(16)11(10)17)21-13-12-14(23-15(18)22-13)24(7-20-12)4-2-3-19/h5-7H,2-4H2,1H3,(H,21,22,23). The van der Waals surface area contributed by atoms with E-state index in [1.807, 2.05) is 0 Å². The molecule has 0 aliphatic rings. The highest BCUT2D eigenvalue weighted by Gasteiger charge is 2.14. The minimum atomic E-state index is -0.414. The molecule has 0 atom stereocenters. The first-order valence-corrected chi connectivity index (χ1v) is 8.82. The molecule has 2 heterocycles. The summed E-state index contributed by atoms with van der Waals surface area (Å²) in [7, 11) is 1.53. The Hall–Kier alpha value is -1.64. The number of hydrogen-bond acceptors (Lipinski definition) is 5. The Morgan fingerprint density at radius 3 is 2.84 bits per heavy atom. The van der Waals surface area contributed by atoms with Crippen LogP contribution >= 0.6 is 39.1 Å². The summed E-state index contributed by atoms with van der Waals surface area (Å²) in [5, 5.41) is 3.68. The molecule has 0 aliphatic heterocycles. The molecule has 0 saturated carbocycles. The summed E-state index contributed by atoms with van der Waals surface area (Å²) in [5.74, 6) is 0.939. The second-order valence-electron chi connectivity index (χ2n) is 5.09. The van der Waals surface area contributed by atoms with Gasteiger partial charge in [0.2, 0.25) is 5.28 Å². The third-order valence-corrected chi connectivity index (χ3v) is 4.86. The van der Waals surface area contributed by atoms with Crippen molar-refractivity contribution in [2.75, 3.05) is 19.1 Å². The van der Waals surface area contributed by atoms with Gasteiger partial charge in [0.15, 0.2) is 17.0 Å². The first-order chi connectivity index (χ1) is 12.0. The Balaban J connectivity index is 2.02. The van der Waals surface area contributed by atoms with Crippen LogP contribution in [0.4, 0.5) is 15.9 Å². The van der Waals surface area contributed by atoms with Crippen molar-refractivity contribution < 1.29 is 9.13 Å². The lowest BCUT2D eigenvalue weighted by atomic mass is 10.3. The Labute approximate surface area is 161 Å². The van der Waals surface area contributed by atoms with Crippen LogP contribution < -0.4 is 10.1 Å². The fourth-order valence-electron chi connectivity index (χ4n) is 2.32. The number of fused-ring (bicyclic) bond motifs is 1. The molecule has 3 aromatic rings. The molecular formula is C15H13BrCl2FN5O. The summed E-state index contributed by atoms with van der Waals surface area (Å²) in [6, 6.07) is 3.52. The van der Waals surface area contributed by atoms with Gasteiger partial charge >= 0.3 is 0 Å². The maximum atomic E-state index is 12.4. The zero-order chi connectivity index (χ0) is 18.0. The lowest BCUT2D eigenvalue weighted by Gasteiger charge is -2.11. The Bertz CT molecular complexity index is 921. The van der Waals surface area contributed by atoms with Gasteiger partial charge in [-0.15, -0.1) is 0 Å². The van der Waals surface area contributed by atoms with Crippen molar-refractivity contribution in [3.8, 4) is 5.75 Å². The monoisotopic (exact) mass is 447 g/mol. The third-order valence-electron chi connectivity index (χ3n) is 3.45. The van der Waals surface area contributed by atoms with Gasteiger partial charge in [-0.1, -0.05) is 11.6 Å². The lowest BCUT2D eigenvalue weighted by molar-refractivity contribution is 0.415. The fraction of sp³-hybridized carbons (Fsp3) is 0.267. The highest BCUT2D eigenvalue weighted by molar-refractivity contribution is 9.10. The van der Waals surface area contributed by atoms with E-state index in [-0.39, 0.29) is 5.28 Å². The van der Waals surface area contributed by atoms with Gasteiger partial charge in [0, 0.05) is 22.8 Å². The zero-order valence-electron chi connectivity index (χ0n) is 13.1. The third kappa shape index (κ3) is 3.80. The average molecular weight is 449 g/mol. The van der Waals surface area contributed by atoms with Gasteiger partial charge in [0.1, 0.15) is 5.75 Å². The predicted octanol–water partition coefficient (Wildman–Crippen LogP) is 5.01. The minimum Gasteiger partial charge on any atom is -0.495 e. The van der Waals surface area contributed by atoms with Gasteiger partial charge in [0.25, 0.3) is 0 Å². The quantitative estimate of drug-likeness (QED) is 0.537. The first kappa shape index (κ1) is 18.2.